The van der Waals surface area contributed by atoms with Crippen molar-refractivity contribution >= 4 is 12.1 Å². The highest BCUT2D eigenvalue weighted by Crippen LogP contribution is 2.20. The van der Waals surface area contributed by atoms with Crippen molar-refractivity contribution in [1.82, 2.24) is 5.43 Å². The normalized spacial score (nSPS) is 12.1. The molecule has 0 fully saturated rings. The summed E-state index contributed by atoms with van der Waals surface area (Å²) in [5.41, 5.74) is 5.94. The Labute approximate surface area is 143 Å². The second-order valence-electron chi connectivity index (χ2n) is 5.88. The summed E-state index contributed by atoms with van der Waals surface area (Å²) in [6.45, 7) is 6.08. The number of carbonyl (C=O) groups is 1. The standard InChI is InChI=1S/C20H24N2O2/c1-15-8-7-11-19(17(15)3)24-14-20(23)22-21-13-12-16(2)18-9-5-4-6-10-18/h4-11,13,16H,12,14H2,1-3H3,(H,22,23)/t16-/m0/s1. The minimum atomic E-state index is -0.264. The van der Waals surface area contributed by atoms with E-state index in [0.717, 1.165) is 23.3 Å². The fourth-order valence-corrected chi connectivity index (χ4v) is 2.30. The van der Waals surface area contributed by atoms with Crippen LogP contribution in [0.5, 0.6) is 5.75 Å². The lowest BCUT2D eigenvalue weighted by atomic mass is 9.99. The molecule has 1 amide bonds. The minimum Gasteiger partial charge on any atom is -0.483 e. The molecule has 24 heavy (non-hydrogen) atoms. The predicted octanol–water partition coefficient (Wildman–Crippen LogP) is 3.98. The van der Waals surface area contributed by atoms with Gasteiger partial charge in [0.1, 0.15) is 5.75 Å². The van der Waals surface area contributed by atoms with Gasteiger partial charge in [-0.15, -0.1) is 0 Å². The molecular formula is C20H24N2O2. The number of amides is 1. The number of hydrogen-bond acceptors (Lipinski definition) is 3. The summed E-state index contributed by atoms with van der Waals surface area (Å²) in [4.78, 5) is 11.8. The number of rotatable bonds is 7. The van der Waals surface area contributed by atoms with Crippen LogP contribution >= 0.6 is 0 Å². The average molecular weight is 324 g/mol. The van der Waals surface area contributed by atoms with E-state index in [1.54, 1.807) is 6.21 Å². The molecule has 0 spiro atoms. The Morgan fingerprint density at radius 2 is 1.92 bits per heavy atom. The SMILES string of the molecule is Cc1cccc(OCC(=O)NN=CC[C@H](C)c2ccccc2)c1C. The monoisotopic (exact) mass is 324 g/mol. The van der Waals surface area contributed by atoms with Crippen LogP contribution in [0.3, 0.4) is 0 Å². The molecule has 0 aliphatic rings. The highest BCUT2D eigenvalue weighted by atomic mass is 16.5. The molecule has 0 aliphatic heterocycles. The first-order valence-electron chi connectivity index (χ1n) is 8.12. The van der Waals surface area contributed by atoms with Crippen LogP contribution in [0, 0.1) is 13.8 Å². The zero-order chi connectivity index (χ0) is 17.4. The third-order valence-electron chi connectivity index (χ3n) is 4.02. The summed E-state index contributed by atoms with van der Waals surface area (Å²) in [6.07, 6.45) is 2.50. The molecule has 0 aromatic heterocycles. The molecular weight excluding hydrogens is 300 g/mol. The van der Waals surface area contributed by atoms with Crippen molar-refractivity contribution in [3.8, 4) is 5.75 Å². The van der Waals surface area contributed by atoms with Gasteiger partial charge in [0, 0.05) is 6.21 Å². The maximum Gasteiger partial charge on any atom is 0.277 e. The molecule has 0 bridgehead atoms. The van der Waals surface area contributed by atoms with Gasteiger partial charge in [0.15, 0.2) is 6.61 Å². The average Bonchev–Trinajstić information content (AvgIpc) is 2.60. The van der Waals surface area contributed by atoms with Gasteiger partial charge in [0.2, 0.25) is 0 Å². The van der Waals surface area contributed by atoms with Crippen molar-refractivity contribution in [2.45, 2.75) is 33.1 Å². The number of nitrogens with one attached hydrogen (secondary N) is 1. The predicted molar refractivity (Wildman–Crippen MR) is 97.5 cm³/mol. The topological polar surface area (TPSA) is 50.7 Å². The van der Waals surface area contributed by atoms with E-state index in [0.29, 0.717) is 5.92 Å². The molecule has 2 aromatic rings. The van der Waals surface area contributed by atoms with Gasteiger partial charge in [-0.05, 0) is 48.9 Å². The van der Waals surface area contributed by atoms with E-state index in [2.05, 4.69) is 29.6 Å². The van der Waals surface area contributed by atoms with Crippen molar-refractivity contribution in [1.29, 1.82) is 0 Å². The molecule has 0 saturated carbocycles. The van der Waals surface area contributed by atoms with E-state index >= 15 is 0 Å². The molecule has 4 nitrogen and oxygen atoms in total. The molecule has 0 saturated heterocycles. The largest absolute Gasteiger partial charge is 0.483 e. The van der Waals surface area contributed by atoms with Crippen molar-refractivity contribution < 1.29 is 9.53 Å². The molecule has 2 aromatic carbocycles. The van der Waals surface area contributed by atoms with Crippen LogP contribution in [0.2, 0.25) is 0 Å². The highest BCUT2D eigenvalue weighted by Gasteiger charge is 2.06. The van der Waals surface area contributed by atoms with Crippen molar-refractivity contribution in [3.05, 3.63) is 65.2 Å². The van der Waals surface area contributed by atoms with Crippen molar-refractivity contribution in [2.75, 3.05) is 6.61 Å². The maximum absolute atomic E-state index is 11.8. The van der Waals surface area contributed by atoms with Gasteiger partial charge in [-0.25, -0.2) is 5.43 Å². The van der Waals surface area contributed by atoms with Gasteiger partial charge in [0.25, 0.3) is 5.91 Å². The second kappa shape index (κ2) is 8.87. The summed E-state index contributed by atoms with van der Waals surface area (Å²) in [7, 11) is 0. The van der Waals surface area contributed by atoms with Crippen molar-refractivity contribution in [3.63, 3.8) is 0 Å². The van der Waals surface area contributed by atoms with Crippen molar-refractivity contribution in [2.24, 2.45) is 5.10 Å². The Morgan fingerprint density at radius 3 is 2.67 bits per heavy atom. The van der Waals surface area contributed by atoms with Gasteiger partial charge in [-0.2, -0.15) is 5.10 Å². The zero-order valence-corrected chi connectivity index (χ0v) is 14.5. The molecule has 0 unspecified atom stereocenters. The van der Waals surface area contributed by atoms with E-state index < -0.39 is 0 Å². The summed E-state index contributed by atoms with van der Waals surface area (Å²) in [6, 6.07) is 16.0. The molecule has 0 heterocycles. The molecule has 126 valence electrons. The quantitative estimate of drug-likeness (QED) is 0.619. The highest BCUT2D eigenvalue weighted by molar-refractivity contribution is 5.78. The summed E-state index contributed by atoms with van der Waals surface area (Å²) >= 11 is 0. The van der Waals surface area contributed by atoms with Crippen LogP contribution in [0.15, 0.2) is 53.6 Å². The van der Waals surface area contributed by atoms with Crippen LogP contribution in [-0.4, -0.2) is 18.7 Å². The fraction of sp³-hybridized carbons (Fsp3) is 0.300. The van der Waals surface area contributed by atoms with E-state index in [-0.39, 0.29) is 12.5 Å². The molecule has 1 N–H and O–H groups in total. The van der Waals surface area contributed by atoms with Crippen LogP contribution in [-0.2, 0) is 4.79 Å². The van der Waals surface area contributed by atoms with Crippen LogP contribution in [0.4, 0.5) is 0 Å². The number of ether oxygens (including phenoxy) is 1. The maximum atomic E-state index is 11.8. The van der Waals surface area contributed by atoms with Gasteiger partial charge in [-0.3, -0.25) is 4.79 Å². The first-order chi connectivity index (χ1) is 11.6. The number of benzene rings is 2. The number of nitrogens with zero attached hydrogens (tertiary/aromatic N) is 1. The Hall–Kier alpha value is -2.62. The summed E-state index contributed by atoms with van der Waals surface area (Å²) < 4.78 is 5.54. The van der Waals surface area contributed by atoms with E-state index in [4.69, 9.17) is 4.74 Å². The fourth-order valence-electron chi connectivity index (χ4n) is 2.30. The minimum absolute atomic E-state index is 0.0458. The number of aryl methyl sites for hydroxylation is 1. The Morgan fingerprint density at radius 1 is 1.17 bits per heavy atom. The molecule has 0 radical (unpaired) electrons. The van der Waals surface area contributed by atoms with Gasteiger partial charge in [0.05, 0.1) is 0 Å². The van der Waals surface area contributed by atoms with Crippen LogP contribution in [0.1, 0.15) is 36.0 Å². The first kappa shape index (κ1) is 17.7. The van der Waals surface area contributed by atoms with E-state index in [9.17, 15) is 4.79 Å². The molecule has 0 aliphatic carbocycles. The Kier molecular flexibility index (Phi) is 6.55. The van der Waals surface area contributed by atoms with Crippen LogP contribution in [0.25, 0.3) is 0 Å². The zero-order valence-electron chi connectivity index (χ0n) is 14.5. The Bertz CT molecular complexity index is 696. The van der Waals surface area contributed by atoms with Gasteiger partial charge < -0.3 is 4.74 Å². The molecule has 1 atom stereocenters. The van der Waals surface area contributed by atoms with Gasteiger partial charge >= 0.3 is 0 Å². The second-order valence-corrected chi connectivity index (χ2v) is 5.88. The summed E-state index contributed by atoms with van der Waals surface area (Å²) in [5, 5.41) is 3.98. The lowest BCUT2D eigenvalue weighted by Crippen LogP contribution is -2.24. The molecule has 2 rings (SSSR count). The summed E-state index contributed by atoms with van der Waals surface area (Å²) in [5.74, 6) is 0.824. The number of carbonyl (C=O) groups excluding carboxylic acids is 1. The Balaban J connectivity index is 1.74. The smallest absolute Gasteiger partial charge is 0.277 e. The first-order valence-corrected chi connectivity index (χ1v) is 8.12. The van der Waals surface area contributed by atoms with E-state index in [1.165, 1.54) is 5.56 Å². The van der Waals surface area contributed by atoms with Gasteiger partial charge in [-0.1, -0.05) is 49.4 Å². The van der Waals surface area contributed by atoms with E-state index in [1.807, 2.05) is 50.2 Å². The number of hydrogen-bond donors (Lipinski definition) is 1. The number of hydrazone groups is 1. The third kappa shape index (κ3) is 5.23. The third-order valence-corrected chi connectivity index (χ3v) is 4.02. The lowest BCUT2D eigenvalue weighted by molar-refractivity contribution is -0.123. The van der Waals surface area contributed by atoms with Crippen LogP contribution < -0.4 is 10.2 Å². The molecule has 4 heteroatoms. The lowest BCUT2D eigenvalue weighted by Gasteiger charge is -2.10.